The molecule has 1 N–H and O–H groups in total. The molecular formula is C13H25N3OS. The van der Waals surface area contributed by atoms with Gasteiger partial charge in [-0.3, -0.25) is 4.79 Å². The van der Waals surface area contributed by atoms with Gasteiger partial charge in [-0.1, -0.05) is 0 Å². The number of carbonyl (C=O) groups excluding carboxylic acids is 1. The third-order valence-electron chi connectivity index (χ3n) is 3.63. The standard InChI is InChI=1S/C13H25N3OS/c1-2-16(12-3-4-12)13(17)11-14-5-6-15-7-9-18-10-8-15/h12,14H,2-11H2,1H3. The molecule has 1 heterocycles. The third kappa shape index (κ3) is 4.44. The fourth-order valence-electron chi connectivity index (χ4n) is 2.38. The largest absolute Gasteiger partial charge is 0.339 e. The number of hydrogen-bond donors (Lipinski definition) is 1. The summed E-state index contributed by atoms with van der Waals surface area (Å²) < 4.78 is 0. The molecule has 0 bridgehead atoms. The quantitative estimate of drug-likeness (QED) is 0.689. The minimum atomic E-state index is 0.272. The van der Waals surface area contributed by atoms with Crippen molar-refractivity contribution in [3.8, 4) is 0 Å². The summed E-state index contributed by atoms with van der Waals surface area (Å²) in [5.74, 6) is 2.78. The molecular weight excluding hydrogens is 246 g/mol. The van der Waals surface area contributed by atoms with Gasteiger partial charge < -0.3 is 15.1 Å². The number of likely N-dealkylation sites (N-methyl/N-ethyl adjacent to an activating group) is 1. The van der Waals surface area contributed by atoms with Crippen molar-refractivity contribution in [3.63, 3.8) is 0 Å². The first-order valence-electron chi connectivity index (χ1n) is 7.11. The van der Waals surface area contributed by atoms with E-state index in [1.165, 1.54) is 37.4 Å². The lowest BCUT2D eigenvalue weighted by molar-refractivity contribution is -0.130. The Labute approximate surface area is 114 Å². The summed E-state index contributed by atoms with van der Waals surface area (Å²) in [6.45, 7) is 7.83. The summed E-state index contributed by atoms with van der Waals surface area (Å²) in [6.07, 6.45) is 2.40. The van der Waals surface area contributed by atoms with Crippen LogP contribution in [0.2, 0.25) is 0 Å². The van der Waals surface area contributed by atoms with Crippen LogP contribution < -0.4 is 5.32 Å². The van der Waals surface area contributed by atoms with Crippen molar-refractivity contribution < 1.29 is 4.79 Å². The van der Waals surface area contributed by atoms with E-state index < -0.39 is 0 Å². The first-order valence-corrected chi connectivity index (χ1v) is 8.27. The van der Waals surface area contributed by atoms with Crippen LogP contribution in [-0.2, 0) is 4.79 Å². The van der Waals surface area contributed by atoms with Crippen LogP contribution in [0, 0.1) is 0 Å². The van der Waals surface area contributed by atoms with E-state index in [4.69, 9.17) is 0 Å². The maximum atomic E-state index is 12.0. The van der Waals surface area contributed by atoms with Gasteiger partial charge in [0.05, 0.1) is 6.54 Å². The molecule has 0 aromatic rings. The van der Waals surface area contributed by atoms with Gasteiger partial charge >= 0.3 is 0 Å². The molecule has 0 unspecified atom stereocenters. The molecule has 2 aliphatic rings. The molecule has 5 heteroatoms. The minimum Gasteiger partial charge on any atom is -0.339 e. The summed E-state index contributed by atoms with van der Waals surface area (Å²) in [5, 5.41) is 3.29. The van der Waals surface area contributed by atoms with Crippen molar-refractivity contribution >= 4 is 17.7 Å². The molecule has 104 valence electrons. The summed E-state index contributed by atoms with van der Waals surface area (Å²) in [4.78, 5) is 16.5. The normalized spacial score (nSPS) is 20.9. The number of amides is 1. The SMILES string of the molecule is CCN(C(=O)CNCCN1CCSCC1)C1CC1. The highest BCUT2D eigenvalue weighted by Gasteiger charge is 2.30. The van der Waals surface area contributed by atoms with Gasteiger partial charge in [-0.15, -0.1) is 0 Å². The van der Waals surface area contributed by atoms with E-state index in [2.05, 4.69) is 17.1 Å². The monoisotopic (exact) mass is 271 g/mol. The number of nitrogens with one attached hydrogen (secondary N) is 1. The van der Waals surface area contributed by atoms with Crippen LogP contribution in [0.5, 0.6) is 0 Å². The Kier molecular flexibility index (Phi) is 5.79. The van der Waals surface area contributed by atoms with Crippen molar-refractivity contribution in [2.75, 3.05) is 50.8 Å². The van der Waals surface area contributed by atoms with Crippen molar-refractivity contribution in [2.24, 2.45) is 0 Å². The zero-order valence-electron chi connectivity index (χ0n) is 11.4. The van der Waals surface area contributed by atoms with Crippen LogP contribution in [0.3, 0.4) is 0 Å². The Morgan fingerprint density at radius 3 is 2.72 bits per heavy atom. The van der Waals surface area contributed by atoms with Crippen LogP contribution in [0.25, 0.3) is 0 Å². The predicted molar refractivity (Wildman–Crippen MR) is 77.0 cm³/mol. The lowest BCUT2D eigenvalue weighted by Crippen LogP contribution is -2.42. The maximum absolute atomic E-state index is 12.0. The van der Waals surface area contributed by atoms with Crippen molar-refractivity contribution in [1.82, 2.24) is 15.1 Å². The van der Waals surface area contributed by atoms with E-state index in [1.807, 2.05) is 16.7 Å². The smallest absolute Gasteiger partial charge is 0.236 e. The molecule has 0 aromatic heterocycles. The molecule has 1 aliphatic heterocycles. The second-order valence-electron chi connectivity index (χ2n) is 5.04. The van der Waals surface area contributed by atoms with E-state index in [0.717, 1.165) is 19.6 Å². The van der Waals surface area contributed by atoms with Crippen LogP contribution in [0.1, 0.15) is 19.8 Å². The van der Waals surface area contributed by atoms with Crippen LogP contribution in [-0.4, -0.2) is 72.5 Å². The molecule has 4 nitrogen and oxygen atoms in total. The molecule has 1 amide bonds. The summed E-state index contributed by atoms with van der Waals surface area (Å²) >= 11 is 2.04. The highest BCUT2D eigenvalue weighted by atomic mass is 32.2. The zero-order valence-corrected chi connectivity index (χ0v) is 12.2. The summed E-state index contributed by atoms with van der Waals surface area (Å²) in [5.41, 5.74) is 0. The van der Waals surface area contributed by atoms with Gasteiger partial charge in [0.25, 0.3) is 0 Å². The number of hydrogen-bond acceptors (Lipinski definition) is 4. The average Bonchev–Trinajstić information content (AvgIpc) is 3.21. The summed E-state index contributed by atoms with van der Waals surface area (Å²) in [7, 11) is 0. The molecule has 2 rings (SSSR count). The van der Waals surface area contributed by atoms with Gasteiger partial charge in [0.1, 0.15) is 0 Å². The van der Waals surface area contributed by atoms with Crippen LogP contribution in [0.15, 0.2) is 0 Å². The molecule has 0 aromatic carbocycles. The molecule has 0 spiro atoms. The van der Waals surface area contributed by atoms with E-state index in [0.29, 0.717) is 12.6 Å². The highest BCUT2D eigenvalue weighted by Crippen LogP contribution is 2.26. The third-order valence-corrected chi connectivity index (χ3v) is 4.58. The van der Waals surface area contributed by atoms with E-state index in [-0.39, 0.29) is 5.91 Å². The highest BCUT2D eigenvalue weighted by molar-refractivity contribution is 7.99. The topological polar surface area (TPSA) is 35.6 Å². The Bertz CT molecular complexity index is 265. The first kappa shape index (κ1) is 14.2. The van der Waals surface area contributed by atoms with E-state index >= 15 is 0 Å². The molecule has 0 atom stereocenters. The van der Waals surface area contributed by atoms with E-state index in [1.54, 1.807) is 0 Å². The van der Waals surface area contributed by atoms with Gasteiger partial charge in [0, 0.05) is 50.3 Å². The lowest BCUT2D eigenvalue weighted by Gasteiger charge is -2.26. The number of thioether (sulfide) groups is 1. The van der Waals surface area contributed by atoms with Crippen molar-refractivity contribution in [2.45, 2.75) is 25.8 Å². The van der Waals surface area contributed by atoms with Crippen molar-refractivity contribution in [1.29, 1.82) is 0 Å². The molecule has 1 saturated carbocycles. The molecule has 0 radical (unpaired) electrons. The second-order valence-corrected chi connectivity index (χ2v) is 6.27. The second kappa shape index (κ2) is 7.36. The predicted octanol–water partition coefficient (Wildman–Crippen LogP) is 0.636. The molecule has 1 aliphatic carbocycles. The first-order chi connectivity index (χ1) is 8.81. The van der Waals surface area contributed by atoms with Crippen LogP contribution >= 0.6 is 11.8 Å². The van der Waals surface area contributed by atoms with Gasteiger partial charge in [0.15, 0.2) is 0 Å². The molecule has 18 heavy (non-hydrogen) atoms. The van der Waals surface area contributed by atoms with E-state index in [9.17, 15) is 4.79 Å². The van der Waals surface area contributed by atoms with Crippen LogP contribution in [0.4, 0.5) is 0 Å². The fraction of sp³-hybridized carbons (Fsp3) is 0.923. The average molecular weight is 271 g/mol. The molecule has 1 saturated heterocycles. The van der Waals surface area contributed by atoms with Crippen molar-refractivity contribution in [3.05, 3.63) is 0 Å². The number of nitrogens with zero attached hydrogens (tertiary/aromatic N) is 2. The maximum Gasteiger partial charge on any atom is 0.236 e. The molecule has 2 fully saturated rings. The van der Waals surface area contributed by atoms with Gasteiger partial charge in [-0.25, -0.2) is 0 Å². The zero-order chi connectivity index (χ0) is 12.8. The van der Waals surface area contributed by atoms with Gasteiger partial charge in [-0.05, 0) is 19.8 Å². The fourth-order valence-corrected chi connectivity index (χ4v) is 3.36. The van der Waals surface area contributed by atoms with Gasteiger partial charge in [0.2, 0.25) is 5.91 Å². The Morgan fingerprint density at radius 1 is 1.39 bits per heavy atom. The lowest BCUT2D eigenvalue weighted by atomic mass is 10.4. The number of rotatable bonds is 7. The Balaban J connectivity index is 1.55. The Hall–Kier alpha value is -0.260. The Morgan fingerprint density at radius 2 is 2.11 bits per heavy atom. The van der Waals surface area contributed by atoms with Gasteiger partial charge in [-0.2, -0.15) is 11.8 Å². The minimum absolute atomic E-state index is 0.272. The number of carbonyl (C=O) groups is 1. The summed E-state index contributed by atoms with van der Waals surface area (Å²) in [6, 6.07) is 0.545.